The molecule has 1 aliphatic rings. The summed E-state index contributed by atoms with van der Waals surface area (Å²) in [6.45, 7) is 8.48. The molecule has 0 amide bonds. The van der Waals surface area contributed by atoms with Crippen LogP contribution in [0, 0.1) is 11.7 Å². The Balaban J connectivity index is 1.50. The number of ether oxygens (including phenoxy) is 2. The van der Waals surface area contributed by atoms with Crippen molar-refractivity contribution in [3.8, 4) is 17.1 Å². The van der Waals surface area contributed by atoms with Crippen molar-refractivity contribution >= 4 is 5.97 Å². The van der Waals surface area contributed by atoms with Crippen LogP contribution in [0.5, 0.6) is 5.75 Å². The highest BCUT2D eigenvalue weighted by Gasteiger charge is 2.30. The van der Waals surface area contributed by atoms with Gasteiger partial charge in [-0.05, 0) is 63.7 Å². The molecule has 1 aliphatic heterocycles. The Morgan fingerprint density at radius 3 is 2.39 bits per heavy atom. The maximum atomic E-state index is 14.6. The summed E-state index contributed by atoms with van der Waals surface area (Å²) < 4.78 is 39.6. The predicted molar refractivity (Wildman–Crippen MR) is 122 cm³/mol. The van der Waals surface area contributed by atoms with Gasteiger partial charge in [0.05, 0.1) is 31.2 Å². The van der Waals surface area contributed by atoms with Gasteiger partial charge in [0.25, 0.3) is 0 Å². The van der Waals surface area contributed by atoms with Crippen molar-refractivity contribution in [2.24, 2.45) is 5.92 Å². The fourth-order valence-corrected chi connectivity index (χ4v) is 3.97. The van der Waals surface area contributed by atoms with Crippen LogP contribution in [-0.2, 0) is 4.74 Å². The summed E-state index contributed by atoms with van der Waals surface area (Å²) >= 11 is 0. The number of alkyl halides is 1. The van der Waals surface area contributed by atoms with Gasteiger partial charge in [-0.1, -0.05) is 19.9 Å². The fraction of sp³-hybridized carbons (Fsp3) is 0.560. The average molecular weight is 462 g/mol. The van der Waals surface area contributed by atoms with E-state index in [4.69, 9.17) is 9.47 Å². The van der Waals surface area contributed by atoms with Crippen LogP contribution in [0.4, 0.5) is 8.78 Å². The van der Waals surface area contributed by atoms with E-state index >= 15 is 0 Å². The molecule has 0 spiro atoms. The van der Waals surface area contributed by atoms with E-state index in [2.05, 4.69) is 14.9 Å². The van der Waals surface area contributed by atoms with Crippen molar-refractivity contribution in [3.63, 3.8) is 0 Å². The summed E-state index contributed by atoms with van der Waals surface area (Å²) in [7, 11) is 0. The van der Waals surface area contributed by atoms with Crippen LogP contribution in [0.1, 0.15) is 56.8 Å². The lowest BCUT2D eigenvalue weighted by atomic mass is 9.94. The molecule has 0 N–H and O–H groups in total. The molecule has 1 aromatic carbocycles. The third-order valence-electron chi connectivity index (χ3n) is 6.32. The molecule has 180 valence electrons. The summed E-state index contributed by atoms with van der Waals surface area (Å²) in [4.78, 5) is 22.5. The lowest BCUT2D eigenvalue weighted by molar-refractivity contribution is 0.0520. The van der Waals surface area contributed by atoms with E-state index in [0.29, 0.717) is 49.0 Å². The molecule has 33 heavy (non-hydrogen) atoms. The highest BCUT2D eigenvalue weighted by molar-refractivity contribution is 5.90. The Labute approximate surface area is 194 Å². The number of esters is 1. The maximum absolute atomic E-state index is 14.6. The molecule has 6 nitrogen and oxygen atoms in total. The fourth-order valence-electron chi connectivity index (χ4n) is 3.97. The second-order valence-electron chi connectivity index (χ2n) is 8.55. The zero-order valence-electron chi connectivity index (χ0n) is 19.7. The van der Waals surface area contributed by atoms with Crippen LogP contribution >= 0.6 is 0 Å². The molecule has 8 heteroatoms. The highest BCUT2D eigenvalue weighted by atomic mass is 19.1. The Bertz CT molecular complexity index is 912. The molecule has 0 unspecified atom stereocenters. The third kappa shape index (κ3) is 6.69. The molecule has 0 atom stereocenters. The molecule has 2 heterocycles. The third-order valence-corrected chi connectivity index (χ3v) is 6.32. The maximum Gasteiger partial charge on any atom is 0.341 e. The van der Waals surface area contributed by atoms with Gasteiger partial charge in [-0.3, -0.25) is 0 Å². The van der Waals surface area contributed by atoms with Crippen molar-refractivity contribution in [3.05, 3.63) is 42.0 Å². The van der Waals surface area contributed by atoms with Gasteiger partial charge in [0.15, 0.2) is 11.6 Å². The zero-order chi connectivity index (χ0) is 23.8. The number of aromatic nitrogens is 2. The normalized spacial score (nSPS) is 15.4. The molecular formula is C25H33F2N3O3. The summed E-state index contributed by atoms with van der Waals surface area (Å²) in [5.41, 5.74) is -0.749. The van der Waals surface area contributed by atoms with Gasteiger partial charge in [-0.15, -0.1) is 0 Å². The molecule has 0 aliphatic carbocycles. The number of carbonyl (C=O) groups is 1. The van der Waals surface area contributed by atoms with Crippen LogP contribution in [0.25, 0.3) is 11.4 Å². The van der Waals surface area contributed by atoms with Gasteiger partial charge in [-0.2, -0.15) is 0 Å². The van der Waals surface area contributed by atoms with Crippen LogP contribution in [0.15, 0.2) is 30.6 Å². The number of piperidine rings is 1. The Morgan fingerprint density at radius 1 is 1.15 bits per heavy atom. The van der Waals surface area contributed by atoms with Crippen molar-refractivity contribution < 1.29 is 23.0 Å². The number of hydrogen-bond donors (Lipinski definition) is 0. The zero-order valence-corrected chi connectivity index (χ0v) is 19.7. The van der Waals surface area contributed by atoms with Crippen LogP contribution < -0.4 is 4.74 Å². The quantitative estimate of drug-likeness (QED) is 0.460. The summed E-state index contributed by atoms with van der Waals surface area (Å²) in [5, 5.41) is 0. The first-order chi connectivity index (χ1) is 15.9. The summed E-state index contributed by atoms with van der Waals surface area (Å²) in [6.07, 6.45) is 6.15. The Kier molecular flexibility index (Phi) is 8.72. The molecule has 0 saturated carbocycles. The second-order valence-corrected chi connectivity index (χ2v) is 8.55. The minimum Gasteiger partial charge on any atom is -0.490 e. The number of benzene rings is 1. The average Bonchev–Trinajstić information content (AvgIpc) is 2.84. The van der Waals surface area contributed by atoms with Gasteiger partial charge >= 0.3 is 5.97 Å². The standard InChI is InChI=1S/C25H33F2N3O3/c1-4-25(27,5-2)17-30-11-9-18(10-12-30)16-33-20-14-28-23(29-15-20)19-7-8-21(22(26)13-19)24(31)32-6-3/h7-8,13-15,18H,4-6,9-12,16-17H2,1-3H3. The van der Waals surface area contributed by atoms with Crippen LogP contribution in [-0.4, -0.2) is 59.4 Å². The van der Waals surface area contributed by atoms with Crippen molar-refractivity contribution in [2.45, 2.75) is 52.1 Å². The highest BCUT2D eigenvalue weighted by Crippen LogP contribution is 2.26. The first kappa shape index (κ1) is 25.0. The van der Waals surface area contributed by atoms with E-state index in [9.17, 15) is 13.6 Å². The molecule has 1 saturated heterocycles. The van der Waals surface area contributed by atoms with Gasteiger partial charge < -0.3 is 14.4 Å². The molecule has 3 rings (SSSR count). The molecule has 1 aromatic heterocycles. The first-order valence-electron chi connectivity index (χ1n) is 11.7. The molecular weight excluding hydrogens is 428 g/mol. The summed E-state index contributed by atoms with van der Waals surface area (Å²) in [6, 6.07) is 4.18. The second kappa shape index (κ2) is 11.5. The van der Waals surface area contributed by atoms with Gasteiger partial charge in [0, 0.05) is 12.1 Å². The van der Waals surface area contributed by atoms with E-state index in [-0.39, 0.29) is 12.2 Å². The number of carbonyl (C=O) groups excluding carboxylic acids is 1. The SMILES string of the molecule is CCOC(=O)c1ccc(-c2ncc(OCC3CCN(CC(F)(CC)CC)CC3)cn2)cc1F. The number of nitrogens with zero attached hydrogens (tertiary/aromatic N) is 3. The Morgan fingerprint density at radius 2 is 1.82 bits per heavy atom. The van der Waals surface area contributed by atoms with E-state index in [1.54, 1.807) is 25.4 Å². The van der Waals surface area contributed by atoms with Gasteiger partial charge in [0.2, 0.25) is 0 Å². The lowest BCUT2D eigenvalue weighted by Gasteiger charge is -2.36. The summed E-state index contributed by atoms with van der Waals surface area (Å²) in [5.74, 6) is -0.0837. The number of hydrogen-bond acceptors (Lipinski definition) is 6. The number of likely N-dealkylation sites (tertiary alicyclic amines) is 1. The van der Waals surface area contributed by atoms with E-state index in [0.717, 1.165) is 25.9 Å². The molecule has 2 aromatic rings. The van der Waals surface area contributed by atoms with Crippen LogP contribution in [0.2, 0.25) is 0 Å². The topological polar surface area (TPSA) is 64.6 Å². The first-order valence-corrected chi connectivity index (χ1v) is 11.7. The number of halogens is 2. The van der Waals surface area contributed by atoms with Crippen molar-refractivity contribution in [2.75, 3.05) is 32.8 Å². The molecule has 1 fully saturated rings. The van der Waals surface area contributed by atoms with E-state index in [1.165, 1.54) is 12.1 Å². The Hall–Kier alpha value is -2.61. The van der Waals surface area contributed by atoms with Crippen molar-refractivity contribution in [1.29, 1.82) is 0 Å². The van der Waals surface area contributed by atoms with Gasteiger partial charge in [-0.25, -0.2) is 23.5 Å². The largest absolute Gasteiger partial charge is 0.490 e. The van der Waals surface area contributed by atoms with Gasteiger partial charge in [0.1, 0.15) is 11.5 Å². The smallest absolute Gasteiger partial charge is 0.341 e. The predicted octanol–water partition coefficient (Wildman–Crippen LogP) is 5.08. The van der Waals surface area contributed by atoms with E-state index < -0.39 is 17.5 Å². The molecule has 0 bridgehead atoms. The molecule has 0 radical (unpaired) electrons. The number of rotatable bonds is 10. The van der Waals surface area contributed by atoms with Crippen LogP contribution in [0.3, 0.4) is 0 Å². The minimum absolute atomic E-state index is 0.117. The lowest BCUT2D eigenvalue weighted by Crippen LogP contribution is -2.44. The van der Waals surface area contributed by atoms with E-state index in [1.807, 2.05) is 13.8 Å². The van der Waals surface area contributed by atoms with Crippen molar-refractivity contribution in [1.82, 2.24) is 14.9 Å². The minimum atomic E-state index is -1.09. The monoisotopic (exact) mass is 461 g/mol.